The summed E-state index contributed by atoms with van der Waals surface area (Å²) in [5.41, 5.74) is 1.31. The summed E-state index contributed by atoms with van der Waals surface area (Å²) in [4.78, 5) is 33.3. The van der Waals surface area contributed by atoms with Crippen molar-refractivity contribution in [2.24, 2.45) is 5.92 Å². The highest BCUT2D eigenvalue weighted by atomic mass is 32.2. The zero-order valence-electron chi connectivity index (χ0n) is 13.7. The van der Waals surface area contributed by atoms with E-state index in [1.54, 1.807) is 0 Å². The largest absolute Gasteiger partial charge is 0.342 e. The van der Waals surface area contributed by atoms with Crippen molar-refractivity contribution < 1.29 is 4.79 Å². The van der Waals surface area contributed by atoms with E-state index in [-0.39, 0.29) is 11.5 Å². The van der Waals surface area contributed by atoms with Crippen LogP contribution in [0.25, 0.3) is 11.3 Å². The van der Waals surface area contributed by atoms with Gasteiger partial charge in [0.2, 0.25) is 5.91 Å². The minimum Gasteiger partial charge on any atom is -0.342 e. The predicted octanol–water partition coefficient (Wildman–Crippen LogP) is 2.79. The molecule has 126 valence electrons. The Kier molecular flexibility index (Phi) is 5.35. The molecular weight excluding hydrogens is 322 g/mol. The first-order chi connectivity index (χ1) is 11.6. The number of benzene rings is 1. The Hall–Kier alpha value is -2.08. The first kappa shape index (κ1) is 16.8. The van der Waals surface area contributed by atoms with Crippen LogP contribution in [0, 0.1) is 5.92 Å². The lowest BCUT2D eigenvalue weighted by Gasteiger charge is -2.30. The molecule has 0 spiro atoms. The molecule has 1 amide bonds. The minimum absolute atomic E-state index is 0.111. The van der Waals surface area contributed by atoms with Gasteiger partial charge < -0.3 is 9.88 Å². The summed E-state index contributed by atoms with van der Waals surface area (Å²) in [6.45, 7) is 3.88. The van der Waals surface area contributed by atoms with E-state index < -0.39 is 0 Å². The molecule has 2 aromatic rings. The molecule has 1 aromatic heterocycles. The van der Waals surface area contributed by atoms with E-state index in [2.05, 4.69) is 16.9 Å². The third-order valence-corrected chi connectivity index (χ3v) is 5.12. The number of carbonyl (C=O) groups excluding carboxylic acids is 1. The molecule has 2 heterocycles. The molecule has 24 heavy (non-hydrogen) atoms. The third kappa shape index (κ3) is 4.26. The Morgan fingerprint density at radius 3 is 2.71 bits per heavy atom. The number of rotatable bonds is 4. The van der Waals surface area contributed by atoms with Crippen LogP contribution in [0.5, 0.6) is 0 Å². The lowest BCUT2D eigenvalue weighted by Crippen LogP contribution is -2.38. The van der Waals surface area contributed by atoms with E-state index in [9.17, 15) is 9.59 Å². The highest BCUT2D eigenvalue weighted by molar-refractivity contribution is 7.99. The fraction of sp³-hybridized carbons (Fsp3) is 0.389. The Morgan fingerprint density at radius 2 is 2.00 bits per heavy atom. The van der Waals surface area contributed by atoms with E-state index in [1.807, 2.05) is 35.2 Å². The maximum Gasteiger partial charge on any atom is 0.252 e. The van der Waals surface area contributed by atoms with E-state index in [4.69, 9.17) is 0 Å². The van der Waals surface area contributed by atoms with Crippen LogP contribution in [0.4, 0.5) is 0 Å². The third-order valence-electron chi connectivity index (χ3n) is 4.26. The van der Waals surface area contributed by atoms with Gasteiger partial charge in [0.1, 0.15) is 0 Å². The smallest absolute Gasteiger partial charge is 0.252 e. The molecule has 0 unspecified atom stereocenters. The van der Waals surface area contributed by atoms with Crippen LogP contribution in [-0.2, 0) is 4.79 Å². The Balaban J connectivity index is 1.66. The quantitative estimate of drug-likeness (QED) is 0.685. The summed E-state index contributed by atoms with van der Waals surface area (Å²) in [5, 5.41) is 0.486. The fourth-order valence-electron chi connectivity index (χ4n) is 2.74. The number of thioether (sulfide) groups is 1. The van der Waals surface area contributed by atoms with Gasteiger partial charge in [0.25, 0.3) is 5.56 Å². The number of nitrogens with zero attached hydrogens (tertiary/aromatic N) is 2. The van der Waals surface area contributed by atoms with Crippen LogP contribution in [0.2, 0.25) is 0 Å². The van der Waals surface area contributed by atoms with Crippen molar-refractivity contribution in [1.29, 1.82) is 0 Å². The van der Waals surface area contributed by atoms with Gasteiger partial charge in [-0.15, -0.1) is 0 Å². The first-order valence-electron chi connectivity index (χ1n) is 8.19. The van der Waals surface area contributed by atoms with Crippen molar-refractivity contribution in [3.05, 3.63) is 46.8 Å². The number of amides is 1. The lowest BCUT2D eigenvalue weighted by molar-refractivity contribution is -0.129. The van der Waals surface area contributed by atoms with E-state index >= 15 is 0 Å². The molecule has 1 saturated heterocycles. The highest BCUT2D eigenvalue weighted by Gasteiger charge is 2.20. The average Bonchev–Trinajstić information content (AvgIpc) is 2.60. The molecule has 1 aliphatic rings. The normalized spacial score (nSPS) is 15.5. The predicted molar refractivity (Wildman–Crippen MR) is 96.0 cm³/mol. The van der Waals surface area contributed by atoms with Crippen LogP contribution in [0.3, 0.4) is 0 Å². The number of likely N-dealkylation sites (tertiary alicyclic amines) is 1. The van der Waals surface area contributed by atoms with Crippen molar-refractivity contribution in [2.75, 3.05) is 18.8 Å². The van der Waals surface area contributed by atoms with E-state index in [0.717, 1.165) is 31.5 Å². The van der Waals surface area contributed by atoms with Gasteiger partial charge in [0.05, 0.1) is 11.4 Å². The van der Waals surface area contributed by atoms with Crippen LogP contribution in [-0.4, -0.2) is 39.6 Å². The molecule has 1 aromatic carbocycles. The number of piperidine rings is 1. The molecular formula is C18H21N3O2S. The number of nitrogens with one attached hydrogen (secondary N) is 1. The second kappa shape index (κ2) is 7.66. The van der Waals surface area contributed by atoms with Crippen LogP contribution in [0.1, 0.15) is 19.8 Å². The molecule has 0 saturated carbocycles. The molecule has 1 fully saturated rings. The molecule has 6 heteroatoms. The van der Waals surface area contributed by atoms with E-state index in [1.165, 1.54) is 17.8 Å². The van der Waals surface area contributed by atoms with Gasteiger partial charge in [-0.2, -0.15) is 0 Å². The highest BCUT2D eigenvalue weighted by Crippen LogP contribution is 2.20. The van der Waals surface area contributed by atoms with Crippen LogP contribution in [0.15, 0.2) is 46.3 Å². The van der Waals surface area contributed by atoms with Crippen molar-refractivity contribution >= 4 is 17.7 Å². The molecule has 5 nitrogen and oxygen atoms in total. The van der Waals surface area contributed by atoms with E-state index in [0.29, 0.717) is 22.5 Å². The Labute approximate surface area is 145 Å². The number of hydrogen-bond acceptors (Lipinski definition) is 4. The van der Waals surface area contributed by atoms with Gasteiger partial charge in [-0.25, -0.2) is 4.98 Å². The van der Waals surface area contributed by atoms with Gasteiger partial charge in [-0.05, 0) is 18.8 Å². The molecule has 0 radical (unpaired) electrons. The summed E-state index contributed by atoms with van der Waals surface area (Å²) in [6, 6.07) is 11.0. The standard InChI is InChI=1S/C18H21N3O2S/c1-13-7-9-21(10-8-13)17(23)12-24-18-19-15(11-16(22)20-18)14-5-3-2-4-6-14/h2-6,11,13H,7-10,12H2,1H3,(H,19,20,22). The van der Waals surface area contributed by atoms with Crippen LogP contribution >= 0.6 is 11.8 Å². The number of carbonyl (C=O) groups is 1. The number of aromatic nitrogens is 2. The minimum atomic E-state index is -0.203. The first-order valence-corrected chi connectivity index (χ1v) is 9.18. The van der Waals surface area contributed by atoms with Gasteiger partial charge in [0.15, 0.2) is 5.16 Å². The van der Waals surface area contributed by atoms with Crippen molar-refractivity contribution in [3.63, 3.8) is 0 Å². The molecule has 1 N–H and O–H groups in total. The van der Waals surface area contributed by atoms with Crippen molar-refractivity contribution in [1.82, 2.24) is 14.9 Å². The maximum atomic E-state index is 12.3. The summed E-state index contributed by atoms with van der Waals surface area (Å²) in [6.07, 6.45) is 2.13. The second-order valence-corrected chi connectivity index (χ2v) is 7.12. The molecule has 1 aliphatic heterocycles. The summed E-state index contributed by atoms with van der Waals surface area (Å²) < 4.78 is 0. The second-order valence-electron chi connectivity index (χ2n) is 6.15. The van der Waals surface area contributed by atoms with Crippen molar-refractivity contribution in [3.8, 4) is 11.3 Å². The SMILES string of the molecule is CC1CCN(C(=O)CSc2nc(-c3ccccc3)cc(=O)[nH]2)CC1. The molecule has 0 atom stereocenters. The fourth-order valence-corrected chi connectivity index (χ4v) is 3.52. The lowest BCUT2D eigenvalue weighted by atomic mass is 9.99. The van der Waals surface area contributed by atoms with Gasteiger partial charge in [-0.1, -0.05) is 49.0 Å². The Bertz CT molecular complexity index is 752. The summed E-state index contributed by atoms with van der Waals surface area (Å²) in [5.74, 6) is 1.11. The molecule has 0 aliphatic carbocycles. The zero-order chi connectivity index (χ0) is 16.9. The van der Waals surface area contributed by atoms with Gasteiger partial charge in [-0.3, -0.25) is 9.59 Å². The topological polar surface area (TPSA) is 66.1 Å². The number of H-pyrrole nitrogens is 1. The zero-order valence-corrected chi connectivity index (χ0v) is 14.5. The van der Waals surface area contributed by atoms with Crippen LogP contribution < -0.4 is 5.56 Å². The average molecular weight is 343 g/mol. The monoisotopic (exact) mass is 343 g/mol. The summed E-state index contributed by atoms with van der Waals surface area (Å²) >= 11 is 1.29. The Morgan fingerprint density at radius 1 is 1.29 bits per heavy atom. The number of aromatic amines is 1. The maximum absolute atomic E-state index is 12.3. The number of hydrogen-bond donors (Lipinski definition) is 1. The van der Waals surface area contributed by atoms with Gasteiger partial charge in [0, 0.05) is 24.7 Å². The van der Waals surface area contributed by atoms with Gasteiger partial charge >= 0.3 is 0 Å². The molecule has 3 rings (SSSR count). The summed E-state index contributed by atoms with van der Waals surface area (Å²) in [7, 11) is 0. The molecule has 0 bridgehead atoms. The van der Waals surface area contributed by atoms with Crippen molar-refractivity contribution in [2.45, 2.75) is 24.9 Å².